The zero-order valence-corrected chi connectivity index (χ0v) is 23.6. The fourth-order valence-corrected chi connectivity index (χ4v) is 5.56. The molecule has 0 bridgehead atoms. The van der Waals surface area contributed by atoms with E-state index in [0.29, 0.717) is 47.9 Å². The minimum absolute atomic E-state index is 0.0761. The van der Waals surface area contributed by atoms with Crippen LogP contribution in [0.2, 0.25) is 5.02 Å². The van der Waals surface area contributed by atoms with E-state index in [0.717, 1.165) is 5.56 Å². The predicted molar refractivity (Wildman–Crippen MR) is 156 cm³/mol. The third-order valence-electron chi connectivity index (χ3n) is 7.30. The molecule has 1 fully saturated rings. The van der Waals surface area contributed by atoms with Gasteiger partial charge in [-0.05, 0) is 55.7 Å². The molecule has 5 rings (SSSR count). The van der Waals surface area contributed by atoms with Gasteiger partial charge >= 0.3 is 5.69 Å². The van der Waals surface area contributed by atoms with Gasteiger partial charge in [0.25, 0.3) is 0 Å². The van der Waals surface area contributed by atoms with Crippen LogP contribution in [0.3, 0.4) is 0 Å². The van der Waals surface area contributed by atoms with E-state index in [2.05, 4.69) is 16.5 Å². The van der Waals surface area contributed by atoms with Gasteiger partial charge in [0.1, 0.15) is 11.6 Å². The third-order valence-corrected chi connectivity index (χ3v) is 7.59. The summed E-state index contributed by atoms with van der Waals surface area (Å²) in [6.07, 6.45) is 3.01. The molecular formula is C30H30ClFN6O2. The van der Waals surface area contributed by atoms with Crippen LogP contribution in [0.1, 0.15) is 37.9 Å². The number of carbonyl (C=O) groups excluding carboxylic acids is 1. The maximum Gasteiger partial charge on any atom is 0.355 e. The van der Waals surface area contributed by atoms with Crippen molar-refractivity contribution < 1.29 is 9.18 Å². The summed E-state index contributed by atoms with van der Waals surface area (Å²) in [5, 5.41) is 0.768. The van der Waals surface area contributed by atoms with Crippen molar-refractivity contribution in [1.29, 1.82) is 0 Å². The van der Waals surface area contributed by atoms with Gasteiger partial charge in [0.15, 0.2) is 5.65 Å². The number of halogens is 2. The van der Waals surface area contributed by atoms with Crippen LogP contribution in [0.15, 0.2) is 60.0 Å². The van der Waals surface area contributed by atoms with Crippen molar-refractivity contribution >= 4 is 34.4 Å². The summed E-state index contributed by atoms with van der Waals surface area (Å²) in [7, 11) is 0. The Hall–Kier alpha value is -4.11. The number of pyridine rings is 2. The minimum Gasteiger partial charge on any atom is -0.350 e. The molecule has 1 saturated heterocycles. The molecule has 1 amide bonds. The third kappa shape index (κ3) is 4.75. The van der Waals surface area contributed by atoms with E-state index in [1.165, 1.54) is 16.7 Å². The number of carbonyl (C=O) groups is 1. The molecule has 8 nitrogen and oxygen atoms in total. The molecule has 10 heteroatoms. The second-order valence-corrected chi connectivity index (χ2v) is 10.7. The SMILES string of the molecule is C=CC(=O)N1CCN(c2nc(=O)n(-c3c(C(C)C)ccnc3C)c3nc(-c4ccccc4F)c(Cl)cc23)[C@@H](C)C1. The van der Waals surface area contributed by atoms with Gasteiger partial charge in [-0.15, -0.1) is 0 Å². The lowest BCUT2D eigenvalue weighted by Crippen LogP contribution is -2.54. The average Bonchev–Trinajstić information content (AvgIpc) is 2.93. The van der Waals surface area contributed by atoms with Crippen LogP contribution in [0, 0.1) is 12.7 Å². The van der Waals surface area contributed by atoms with Crippen LogP contribution in [-0.4, -0.2) is 56.0 Å². The number of nitrogens with zero attached hydrogens (tertiary/aromatic N) is 6. The fraction of sp³-hybridized carbons (Fsp3) is 0.300. The molecule has 40 heavy (non-hydrogen) atoms. The second-order valence-electron chi connectivity index (χ2n) is 10.2. The van der Waals surface area contributed by atoms with Crippen molar-refractivity contribution in [3.05, 3.63) is 87.8 Å². The lowest BCUT2D eigenvalue weighted by molar-refractivity contribution is -0.126. The van der Waals surface area contributed by atoms with E-state index >= 15 is 0 Å². The van der Waals surface area contributed by atoms with Gasteiger partial charge in [0.05, 0.1) is 27.5 Å². The molecule has 1 atom stereocenters. The molecule has 0 saturated carbocycles. The first-order chi connectivity index (χ1) is 19.1. The van der Waals surface area contributed by atoms with Gasteiger partial charge < -0.3 is 9.80 Å². The van der Waals surface area contributed by atoms with E-state index < -0.39 is 11.5 Å². The van der Waals surface area contributed by atoms with E-state index in [-0.39, 0.29) is 34.1 Å². The molecule has 1 aliphatic rings. The molecule has 1 aliphatic heterocycles. The van der Waals surface area contributed by atoms with Crippen LogP contribution in [-0.2, 0) is 4.79 Å². The number of amides is 1. The maximum absolute atomic E-state index is 14.9. The van der Waals surface area contributed by atoms with Crippen LogP contribution in [0.4, 0.5) is 10.2 Å². The van der Waals surface area contributed by atoms with Gasteiger partial charge in [0, 0.05) is 37.4 Å². The van der Waals surface area contributed by atoms with Crippen molar-refractivity contribution in [3.63, 3.8) is 0 Å². The molecule has 3 aromatic heterocycles. The first-order valence-electron chi connectivity index (χ1n) is 13.1. The summed E-state index contributed by atoms with van der Waals surface area (Å²) in [5.74, 6) is -0.132. The number of rotatable bonds is 5. The minimum atomic E-state index is -0.536. The van der Waals surface area contributed by atoms with Gasteiger partial charge in [0.2, 0.25) is 5.91 Å². The zero-order chi connectivity index (χ0) is 28.7. The summed E-state index contributed by atoms with van der Waals surface area (Å²) in [5.41, 5.74) is 2.34. The van der Waals surface area contributed by atoms with Crippen molar-refractivity contribution in [2.24, 2.45) is 0 Å². The summed E-state index contributed by atoms with van der Waals surface area (Å²) >= 11 is 6.75. The van der Waals surface area contributed by atoms with Crippen LogP contribution < -0.4 is 10.6 Å². The quantitative estimate of drug-likeness (QED) is 0.308. The summed E-state index contributed by atoms with van der Waals surface area (Å²) < 4.78 is 16.4. The number of fused-ring (bicyclic) bond motifs is 1. The van der Waals surface area contributed by atoms with E-state index in [4.69, 9.17) is 16.6 Å². The van der Waals surface area contributed by atoms with E-state index in [1.807, 2.05) is 38.7 Å². The summed E-state index contributed by atoms with van der Waals surface area (Å²) in [6.45, 7) is 12.8. The monoisotopic (exact) mass is 560 g/mol. The van der Waals surface area contributed by atoms with E-state index in [1.54, 1.807) is 35.4 Å². The number of hydrogen-bond acceptors (Lipinski definition) is 6. The Kier molecular flexibility index (Phi) is 7.42. The number of aromatic nitrogens is 4. The van der Waals surface area contributed by atoms with Gasteiger partial charge in [-0.3, -0.25) is 9.78 Å². The van der Waals surface area contributed by atoms with Crippen molar-refractivity contribution in [2.75, 3.05) is 24.5 Å². The summed E-state index contributed by atoms with van der Waals surface area (Å²) in [4.78, 5) is 43.7. The largest absolute Gasteiger partial charge is 0.355 e. The molecule has 0 N–H and O–H groups in total. The predicted octanol–water partition coefficient (Wildman–Crippen LogP) is 5.29. The lowest BCUT2D eigenvalue weighted by atomic mass is 10.0. The molecule has 0 spiro atoms. The van der Waals surface area contributed by atoms with Crippen molar-refractivity contribution in [2.45, 2.75) is 39.7 Å². The van der Waals surface area contributed by atoms with Gasteiger partial charge in [-0.25, -0.2) is 18.7 Å². The standard InChI is InChI=1S/C30H30ClFN6O2/c1-6-25(39)36-13-14-37(18(4)16-36)28-22-15-23(31)26(21-9-7-8-10-24(21)32)34-29(22)38(30(40)35-28)27-19(5)33-12-11-20(27)17(2)3/h6-12,15,17-18H,1,13-14,16H2,2-5H3/t18-/m0/s1. The molecule has 0 aliphatic carbocycles. The number of hydrogen-bond donors (Lipinski definition) is 0. The first kappa shape index (κ1) is 27.5. The Morgan fingerprint density at radius 2 is 1.95 bits per heavy atom. The highest BCUT2D eigenvalue weighted by atomic mass is 35.5. The normalized spacial score (nSPS) is 15.6. The van der Waals surface area contributed by atoms with Crippen LogP contribution in [0.5, 0.6) is 0 Å². The molecular weight excluding hydrogens is 531 g/mol. The maximum atomic E-state index is 14.9. The fourth-order valence-electron chi connectivity index (χ4n) is 5.30. The first-order valence-corrected chi connectivity index (χ1v) is 13.5. The topological polar surface area (TPSA) is 84.2 Å². The molecule has 1 aromatic carbocycles. The average molecular weight is 561 g/mol. The highest BCUT2D eigenvalue weighted by molar-refractivity contribution is 6.33. The van der Waals surface area contributed by atoms with Crippen molar-refractivity contribution in [1.82, 2.24) is 24.4 Å². The number of piperazine rings is 1. The number of aryl methyl sites for hydroxylation is 1. The molecule has 0 radical (unpaired) electrons. The Morgan fingerprint density at radius 3 is 2.62 bits per heavy atom. The molecule has 4 heterocycles. The van der Waals surface area contributed by atoms with Crippen molar-refractivity contribution in [3.8, 4) is 16.9 Å². The van der Waals surface area contributed by atoms with Crippen LogP contribution >= 0.6 is 11.6 Å². The highest BCUT2D eigenvalue weighted by Crippen LogP contribution is 2.36. The Labute approximate surface area is 236 Å². The van der Waals surface area contributed by atoms with Gasteiger partial charge in [-0.1, -0.05) is 44.2 Å². The van der Waals surface area contributed by atoms with Crippen LogP contribution in [0.25, 0.3) is 28.0 Å². The Morgan fingerprint density at radius 1 is 1.20 bits per heavy atom. The lowest BCUT2D eigenvalue weighted by Gasteiger charge is -2.40. The summed E-state index contributed by atoms with van der Waals surface area (Å²) in [6, 6.07) is 9.67. The molecule has 0 unspecified atom stereocenters. The Balaban J connectivity index is 1.81. The van der Waals surface area contributed by atoms with E-state index in [9.17, 15) is 14.0 Å². The van der Waals surface area contributed by atoms with Gasteiger partial charge in [-0.2, -0.15) is 4.98 Å². The zero-order valence-electron chi connectivity index (χ0n) is 22.9. The Bertz CT molecular complexity index is 1700. The number of anilines is 1. The smallest absolute Gasteiger partial charge is 0.350 e. The number of benzene rings is 1. The molecule has 4 aromatic rings. The second kappa shape index (κ2) is 10.8. The highest BCUT2D eigenvalue weighted by Gasteiger charge is 2.30. The molecule has 206 valence electrons.